The molecule has 0 unspecified atom stereocenters. The van der Waals surface area contributed by atoms with E-state index in [1.807, 2.05) is 0 Å². The second-order valence-corrected chi connectivity index (χ2v) is 7.88. The van der Waals surface area contributed by atoms with Crippen LogP contribution in [0, 0.1) is 0 Å². The summed E-state index contributed by atoms with van der Waals surface area (Å²) in [6.07, 6.45) is 2.12. The van der Waals surface area contributed by atoms with Crippen LogP contribution in [0.2, 0.25) is 0 Å². The first-order valence-electron chi connectivity index (χ1n) is 8.89. The minimum atomic E-state index is 0.347. The van der Waals surface area contributed by atoms with Gasteiger partial charge >= 0.3 is 0 Å². The number of aromatic nitrogens is 1. The lowest BCUT2D eigenvalue weighted by atomic mass is 9.90. The number of aromatic amines is 1. The molecule has 1 aromatic heterocycles. The number of nitrogens with one attached hydrogen (secondary N) is 2. The summed E-state index contributed by atoms with van der Waals surface area (Å²) in [6.45, 7) is 1.09. The number of rotatable bonds is 4. The Morgan fingerprint density at radius 3 is 2.80 bits per heavy atom. The highest BCUT2D eigenvalue weighted by Crippen LogP contribution is 2.37. The van der Waals surface area contributed by atoms with E-state index in [0.29, 0.717) is 12.1 Å². The minimum absolute atomic E-state index is 0.347. The summed E-state index contributed by atoms with van der Waals surface area (Å²) in [4.78, 5) is 6.21. The summed E-state index contributed by atoms with van der Waals surface area (Å²) >= 11 is 3.60. The van der Waals surface area contributed by atoms with Crippen molar-refractivity contribution in [1.82, 2.24) is 15.2 Å². The summed E-state index contributed by atoms with van der Waals surface area (Å²) in [5.41, 5.74) is 5.46. The minimum Gasteiger partial charge on any atom is -0.357 e. The predicted molar refractivity (Wildman–Crippen MR) is 108 cm³/mol. The standard InChI is InChI=1S/C21H24BrN3/c1-23-19(12-14-6-4-3-5-7-14)21-20-17(10-11-25(21)2)16-9-8-15(22)13-18(16)24-20/h3-9,13,19,21,23-24H,10-12H2,1-2H3/t19-,21+/m0/s1. The average molecular weight is 398 g/mol. The molecule has 0 spiro atoms. The molecule has 3 nitrogen and oxygen atoms in total. The van der Waals surface area contributed by atoms with E-state index in [9.17, 15) is 0 Å². The summed E-state index contributed by atoms with van der Waals surface area (Å²) in [5.74, 6) is 0. The molecule has 0 saturated carbocycles. The normalized spacial score (nSPS) is 19.1. The van der Waals surface area contributed by atoms with Crippen molar-refractivity contribution in [2.45, 2.75) is 24.9 Å². The van der Waals surface area contributed by atoms with Gasteiger partial charge in [-0.25, -0.2) is 0 Å². The molecular formula is C21H24BrN3. The van der Waals surface area contributed by atoms with Gasteiger partial charge in [0, 0.05) is 33.7 Å². The zero-order valence-corrected chi connectivity index (χ0v) is 16.3. The molecule has 1 aliphatic rings. The van der Waals surface area contributed by atoms with Gasteiger partial charge in [-0.05, 0) is 50.2 Å². The Hall–Kier alpha value is -1.62. The van der Waals surface area contributed by atoms with Crippen LogP contribution in [-0.4, -0.2) is 36.6 Å². The molecule has 4 heteroatoms. The zero-order valence-electron chi connectivity index (χ0n) is 14.7. The van der Waals surface area contributed by atoms with Crippen molar-refractivity contribution in [2.24, 2.45) is 0 Å². The highest BCUT2D eigenvalue weighted by Gasteiger charge is 2.33. The van der Waals surface area contributed by atoms with Crippen molar-refractivity contribution in [3.63, 3.8) is 0 Å². The van der Waals surface area contributed by atoms with Gasteiger partial charge in [-0.1, -0.05) is 52.3 Å². The van der Waals surface area contributed by atoms with Crippen molar-refractivity contribution in [3.05, 3.63) is 69.8 Å². The van der Waals surface area contributed by atoms with E-state index in [-0.39, 0.29) is 0 Å². The van der Waals surface area contributed by atoms with E-state index in [1.165, 1.54) is 27.7 Å². The first-order valence-corrected chi connectivity index (χ1v) is 9.68. The molecule has 0 amide bonds. The van der Waals surface area contributed by atoms with Gasteiger partial charge in [-0.15, -0.1) is 0 Å². The topological polar surface area (TPSA) is 31.1 Å². The van der Waals surface area contributed by atoms with Crippen LogP contribution in [-0.2, 0) is 12.8 Å². The Labute approximate surface area is 157 Å². The van der Waals surface area contributed by atoms with Crippen molar-refractivity contribution < 1.29 is 0 Å². The van der Waals surface area contributed by atoms with Gasteiger partial charge in [0.2, 0.25) is 0 Å². The van der Waals surface area contributed by atoms with Crippen LogP contribution >= 0.6 is 15.9 Å². The molecule has 2 heterocycles. The summed E-state index contributed by atoms with van der Waals surface area (Å²) in [6, 6.07) is 18.0. The highest BCUT2D eigenvalue weighted by molar-refractivity contribution is 9.10. The smallest absolute Gasteiger partial charge is 0.0657 e. The molecule has 2 atom stereocenters. The van der Waals surface area contributed by atoms with Crippen LogP contribution in [0.25, 0.3) is 10.9 Å². The lowest BCUT2D eigenvalue weighted by Gasteiger charge is -2.38. The quantitative estimate of drug-likeness (QED) is 0.687. The molecular weight excluding hydrogens is 374 g/mol. The summed E-state index contributed by atoms with van der Waals surface area (Å²) in [7, 11) is 4.32. The van der Waals surface area contributed by atoms with Gasteiger partial charge in [0.1, 0.15) is 0 Å². The van der Waals surface area contributed by atoms with Gasteiger partial charge in [-0.2, -0.15) is 0 Å². The zero-order chi connectivity index (χ0) is 17.4. The van der Waals surface area contributed by atoms with E-state index in [0.717, 1.165) is 23.9 Å². The van der Waals surface area contributed by atoms with Gasteiger partial charge in [0.25, 0.3) is 0 Å². The molecule has 0 fully saturated rings. The second kappa shape index (κ2) is 6.94. The SMILES string of the molecule is CN[C@@H](Cc1ccccc1)[C@@H]1c2[nH]c3cc(Br)ccc3c2CCN1C. The van der Waals surface area contributed by atoms with Gasteiger partial charge in [-0.3, -0.25) is 4.90 Å². The largest absolute Gasteiger partial charge is 0.357 e. The number of halogens is 1. The molecule has 25 heavy (non-hydrogen) atoms. The van der Waals surface area contributed by atoms with E-state index in [1.54, 1.807) is 0 Å². The molecule has 0 bridgehead atoms. The van der Waals surface area contributed by atoms with Crippen LogP contribution in [0.4, 0.5) is 0 Å². The van der Waals surface area contributed by atoms with Crippen molar-refractivity contribution in [1.29, 1.82) is 0 Å². The molecule has 3 aromatic rings. The fraction of sp³-hybridized carbons (Fsp3) is 0.333. The maximum absolute atomic E-state index is 3.73. The summed E-state index contributed by atoms with van der Waals surface area (Å²) < 4.78 is 1.12. The Morgan fingerprint density at radius 2 is 2.04 bits per heavy atom. The Balaban J connectivity index is 1.75. The number of fused-ring (bicyclic) bond motifs is 3. The van der Waals surface area contributed by atoms with Crippen LogP contribution < -0.4 is 5.32 Å². The maximum Gasteiger partial charge on any atom is 0.0657 e. The first kappa shape index (κ1) is 16.8. The van der Waals surface area contributed by atoms with E-state index in [2.05, 4.69) is 93.8 Å². The molecule has 1 aliphatic heterocycles. The van der Waals surface area contributed by atoms with Crippen LogP contribution in [0.1, 0.15) is 22.9 Å². The number of benzene rings is 2. The van der Waals surface area contributed by atoms with Crippen molar-refractivity contribution in [2.75, 3.05) is 20.6 Å². The second-order valence-electron chi connectivity index (χ2n) is 6.97. The third-order valence-electron chi connectivity index (χ3n) is 5.44. The molecule has 2 N–H and O–H groups in total. The Bertz CT molecular complexity index is 871. The predicted octanol–water partition coefficient (Wildman–Crippen LogP) is 4.29. The van der Waals surface area contributed by atoms with E-state index in [4.69, 9.17) is 0 Å². The fourth-order valence-electron chi connectivity index (χ4n) is 4.17. The number of likely N-dealkylation sites (N-methyl/N-ethyl adjacent to an activating group) is 2. The van der Waals surface area contributed by atoms with E-state index >= 15 is 0 Å². The summed E-state index contributed by atoms with van der Waals surface area (Å²) in [5, 5.41) is 4.94. The Morgan fingerprint density at radius 1 is 1.24 bits per heavy atom. The molecule has 2 aromatic carbocycles. The lowest BCUT2D eigenvalue weighted by Crippen LogP contribution is -2.45. The molecule has 130 valence electrons. The van der Waals surface area contributed by atoms with Crippen LogP contribution in [0.15, 0.2) is 53.0 Å². The molecule has 4 rings (SSSR count). The third-order valence-corrected chi connectivity index (χ3v) is 5.93. The fourth-order valence-corrected chi connectivity index (χ4v) is 4.53. The van der Waals surface area contributed by atoms with Gasteiger partial charge in [0.05, 0.1) is 6.04 Å². The first-order chi connectivity index (χ1) is 12.2. The number of nitrogens with zero attached hydrogens (tertiary/aromatic N) is 1. The van der Waals surface area contributed by atoms with E-state index < -0.39 is 0 Å². The molecule has 0 radical (unpaired) electrons. The van der Waals surface area contributed by atoms with Gasteiger partial charge in [0.15, 0.2) is 0 Å². The molecule has 0 saturated heterocycles. The number of hydrogen-bond donors (Lipinski definition) is 2. The van der Waals surface area contributed by atoms with Gasteiger partial charge < -0.3 is 10.3 Å². The Kier molecular flexibility index (Phi) is 4.67. The third kappa shape index (κ3) is 3.14. The highest BCUT2D eigenvalue weighted by atomic mass is 79.9. The van der Waals surface area contributed by atoms with Crippen LogP contribution in [0.3, 0.4) is 0 Å². The van der Waals surface area contributed by atoms with Crippen LogP contribution in [0.5, 0.6) is 0 Å². The lowest BCUT2D eigenvalue weighted by molar-refractivity contribution is 0.181. The molecule has 0 aliphatic carbocycles. The number of H-pyrrole nitrogens is 1. The monoisotopic (exact) mass is 397 g/mol. The van der Waals surface area contributed by atoms with Crippen molar-refractivity contribution in [3.8, 4) is 0 Å². The average Bonchev–Trinajstić information content (AvgIpc) is 2.98. The number of hydrogen-bond acceptors (Lipinski definition) is 2. The van der Waals surface area contributed by atoms with Crippen molar-refractivity contribution >= 4 is 26.8 Å². The maximum atomic E-state index is 3.73.